The van der Waals surface area contributed by atoms with Crippen LogP contribution in [0.4, 0.5) is 0 Å². The van der Waals surface area contributed by atoms with E-state index < -0.39 is 11.9 Å². The molecule has 1 unspecified atom stereocenters. The van der Waals surface area contributed by atoms with Crippen LogP contribution in [0.2, 0.25) is 0 Å². The predicted molar refractivity (Wildman–Crippen MR) is 116 cm³/mol. The Morgan fingerprint density at radius 1 is 1.13 bits per heavy atom. The van der Waals surface area contributed by atoms with Crippen molar-refractivity contribution < 1.29 is 28.5 Å². The molecule has 0 aromatic heterocycles. The molecule has 1 heterocycles. The molecule has 7 heteroatoms. The molecule has 7 nitrogen and oxygen atoms in total. The van der Waals surface area contributed by atoms with Crippen LogP contribution in [-0.2, 0) is 19.1 Å². The Morgan fingerprint density at radius 3 is 2.52 bits per heavy atom. The van der Waals surface area contributed by atoms with Gasteiger partial charge in [0.05, 0.1) is 32.3 Å². The van der Waals surface area contributed by atoms with Crippen LogP contribution < -0.4 is 14.8 Å². The highest BCUT2D eigenvalue weighted by Crippen LogP contribution is 2.49. The van der Waals surface area contributed by atoms with Gasteiger partial charge in [0, 0.05) is 42.1 Å². The molecule has 1 aliphatic heterocycles. The highest BCUT2D eigenvalue weighted by molar-refractivity contribution is 6.04. The Morgan fingerprint density at radius 2 is 1.87 bits per heavy atom. The summed E-state index contributed by atoms with van der Waals surface area (Å²) in [6.45, 7) is 6.42. The Kier molecular flexibility index (Phi) is 6.74. The number of allylic oxidation sites excluding steroid dienone is 3. The number of esters is 1. The molecular formula is C24H31NO6. The molecule has 0 fully saturated rings. The number of ether oxygens (including phenoxy) is 4. The van der Waals surface area contributed by atoms with Crippen LogP contribution in [0.25, 0.3) is 0 Å². The molecule has 168 valence electrons. The Labute approximate surface area is 183 Å². The first-order chi connectivity index (χ1) is 14.7. The lowest BCUT2D eigenvalue weighted by Crippen LogP contribution is -2.38. The number of nitrogens with one attached hydrogen (secondary N) is 1. The predicted octanol–water partition coefficient (Wildman–Crippen LogP) is 3.50. The smallest absolute Gasteiger partial charge is 0.336 e. The fraction of sp³-hybridized carbons (Fsp3) is 0.500. The van der Waals surface area contributed by atoms with Gasteiger partial charge in [0.2, 0.25) is 0 Å². The van der Waals surface area contributed by atoms with Crippen molar-refractivity contribution in [1.29, 1.82) is 0 Å². The minimum atomic E-state index is -0.587. The van der Waals surface area contributed by atoms with E-state index in [1.165, 1.54) is 0 Å². The Bertz CT molecular complexity index is 943. The maximum absolute atomic E-state index is 13.3. The highest BCUT2D eigenvalue weighted by atomic mass is 16.6. The molecule has 3 rings (SSSR count). The van der Waals surface area contributed by atoms with Crippen molar-refractivity contribution in [2.45, 2.75) is 39.5 Å². The molecule has 31 heavy (non-hydrogen) atoms. The van der Waals surface area contributed by atoms with E-state index >= 15 is 0 Å². The molecule has 2 aliphatic rings. The van der Waals surface area contributed by atoms with Crippen LogP contribution in [0.5, 0.6) is 11.5 Å². The number of carbonyl (C=O) groups is 2. The molecule has 0 saturated heterocycles. The van der Waals surface area contributed by atoms with E-state index in [0.29, 0.717) is 47.8 Å². The van der Waals surface area contributed by atoms with Crippen molar-refractivity contribution in [2.24, 2.45) is 5.41 Å². The summed E-state index contributed by atoms with van der Waals surface area (Å²) in [6, 6.07) is 5.42. The summed E-state index contributed by atoms with van der Waals surface area (Å²) in [5.41, 5.74) is 3.11. The molecular weight excluding hydrogens is 398 g/mol. The largest absolute Gasteiger partial charge is 0.497 e. The Hall–Kier alpha value is -2.80. The SMILES string of the molecule is COCCOC(=O)C1=C(C)NC2=C(C(=O)CC(C)(C)C2)C1c1ccc(OC)cc1OC. The maximum Gasteiger partial charge on any atom is 0.336 e. The molecule has 0 saturated carbocycles. The lowest BCUT2D eigenvalue weighted by atomic mass is 9.68. The average molecular weight is 430 g/mol. The minimum Gasteiger partial charge on any atom is -0.497 e. The zero-order chi connectivity index (χ0) is 22.8. The summed E-state index contributed by atoms with van der Waals surface area (Å²) in [5.74, 6) is 0.136. The first-order valence-corrected chi connectivity index (χ1v) is 10.3. The lowest BCUT2D eigenvalue weighted by Gasteiger charge is -2.39. The van der Waals surface area contributed by atoms with Crippen molar-refractivity contribution in [3.8, 4) is 11.5 Å². The average Bonchev–Trinajstić information content (AvgIpc) is 2.71. The van der Waals surface area contributed by atoms with E-state index in [9.17, 15) is 9.59 Å². The summed E-state index contributed by atoms with van der Waals surface area (Å²) < 4.78 is 21.4. The van der Waals surface area contributed by atoms with E-state index in [0.717, 1.165) is 11.3 Å². The first-order valence-electron chi connectivity index (χ1n) is 10.3. The molecule has 1 N–H and O–H groups in total. The number of hydrogen-bond acceptors (Lipinski definition) is 7. The molecule has 1 aromatic carbocycles. The van der Waals surface area contributed by atoms with E-state index in [1.807, 2.05) is 13.0 Å². The number of benzene rings is 1. The normalized spacial score (nSPS) is 20.2. The number of methoxy groups -OCH3 is 3. The van der Waals surface area contributed by atoms with Gasteiger partial charge in [-0.2, -0.15) is 0 Å². The third-order valence-corrected chi connectivity index (χ3v) is 5.73. The minimum absolute atomic E-state index is 0.0244. The van der Waals surface area contributed by atoms with Gasteiger partial charge in [-0.3, -0.25) is 4.79 Å². The molecule has 1 aromatic rings. The molecule has 0 amide bonds. The van der Waals surface area contributed by atoms with Gasteiger partial charge in [-0.05, 0) is 24.8 Å². The number of ketones is 1. The maximum atomic E-state index is 13.3. The van der Waals surface area contributed by atoms with Gasteiger partial charge >= 0.3 is 5.97 Å². The summed E-state index contributed by atoms with van der Waals surface area (Å²) in [5, 5.41) is 3.33. The summed E-state index contributed by atoms with van der Waals surface area (Å²) in [6.07, 6.45) is 1.12. The first kappa shape index (κ1) is 22.9. The number of dihydropyridines is 1. The zero-order valence-electron chi connectivity index (χ0n) is 19.1. The standard InChI is InChI=1S/C24H31NO6/c1-14-20(23(27)31-10-9-28-4)21(16-8-7-15(29-5)11-19(16)30-6)22-17(25-14)12-24(2,3)13-18(22)26/h7-8,11,21,25H,9-10,12-13H2,1-6H3. The molecule has 0 radical (unpaired) electrons. The van der Waals surface area contributed by atoms with Crippen LogP contribution in [0, 0.1) is 5.41 Å². The highest BCUT2D eigenvalue weighted by Gasteiger charge is 2.44. The second kappa shape index (κ2) is 9.14. The van der Waals surface area contributed by atoms with E-state index in [1.54, 1.807) is 33.5 Å². The van der Waals surface area contributed by atoms with Crippen LogP contribution in [-0.4, -0.2) is 46.3 Å². The topological polar surface area (TPSA) is 83.1 Å². The van der Waals surface area contributed by atoms with Gasteiger partial charge in [0.15, 0.2) is 5.78 Å². The number of rotatable bonds is 7. The van der Waals surface area contributed by atoms with Crippen LogP contribution in [0.1, 0.15) is 45.1 Å². The van der Waals surface area contributed by atoms with Gasteiger partial charge in [-0.25, -0.2) is 4.79 Å². The summed E-state index contributed by atoms with van der Waals surface area (Å²) in [7, 11) is 4.69. The Balaban J connectivity index is 2.16. The van der Waals surface area contributed by atoms with E-state index in [4.69, 9.17) is 18.9 Å². The second-order valence-electron chi connectivity index (χ2n) is 8.67. The van der Waals surface area contributed by atoms with Crippen molar-refractivity contribution in [2.75, 3.05) is 34.5 Å². The molecule has 0 spiro atoms. The van der Waals surface area contributed by atoms with Crippen LogP contribution >= 0.6 is 0 Å². The third-order valence-electron chi connectivity index (χ3n) is 5.73. The number of Topliss-reactive ketones (excluding diaryl/α,β-unsaturated/α-hetero) is 1. The monoisotopic (exact) mass is 429 g/mol. The second-order valence-corrected chi connectivity index (χ2v) is 8.67. The van der Waals surface area contributed by atoms with Crippen molar-refractivity contribution in [3.63, 3.8) is 0 Å². The quantitative estimate of drug-likeness (QED) is 0.525. The third kappa shape index (κ3) is 4.61. The number of carbonyl (C=O) groups excluding carboxylic acids is 2. The van der Waals surface area contributed by atoms with Gasteiger partial charge in [-0.15, -0.1) is 0 Å². The summed E-state index contributed by atoms with van der Waals surface area (Å²) >= 11 is 0. The van der Waals surface area contributed by atoms with E-state index in [-0.39, 0.29) is 17.8 Å². The van der Waals surface area contributed by atoms with E-state index in [2.05, 4.69) is 19.2 Å². The van der Waals surface area contributed by atoms with Crippen LogP contribution in [0.3, 0.4) is 0 Å². The fourth-order valence-corrected chi connectivity index (χ4v) is 4.37. The van der Waals surface area contributed by atoms with Crippen molar-refractivity contribution in [1.82, 2.24) is 5.32 Å². The van der Waals surface area contributed by atoms with Crippen LogP contribution in [0.15, 0.2) is 40.7 Å². The fourth-order valence-electron chi connectivity index (χ4n) is 4.37. The lowest BCUT2D eigenvalue weighted by molar-refractivity contribution is -0.140. The molecule has 1 atom stereocenters. The number of hydrogen-bond donors (Lipinski definition) is 1. The zero-order valence-corrected chi connectivity index (χ0v) is 19.1. The van der Waals surface area contributed by atoms with Gasteiger partial charge in [0.1, 0.15) is 18.1 Å². The molecule has 0 bridgehead atoms. The van der Waals surface area contributed by atoms with Gasteiger partial charge in [0.25, 0.3) is 0 Å². The van der Waals surface area contributed by atoms with Gasteiger partial charge < -0.3 is 24.3 Å². The van der Waals surface area contributed by atoms with Crippen molar-refractivity contribution in [3.05, 3.63) is 46.3 Å². The summed E-state index contributed by atoms with van der Waals surface area (Å²) in [4.78, 5) is 26.5. The van der Waals surface area contributed by atoms with Gasteiger partial charge in [-0.1, -0.05) is 19.9 Å². The van der Waals surface area contributed by atoms with Crippen molar-refractivity contribution >= 4 is 11.8 Å². The molecule has 1 aliphatic carbocycles.